The van der Waals surface area contributed by atoms with Crippen LogP contribution < -0.4 is 9.80 Å². The summed E-state index contributed by atoms with van der Waals surface area (Å²) in [6.45, 7) is 5.75. The van der Waals surface area contributed by atoms with E-state index >= 15 is 0 Å². The van der Waals surface area contributed by atoms with Gasteiger partial charge in [-0.25, -0.2) is 18.4 Å². The third kappa shape index (κ3) is 4.48. The number of pyridine rings is 2. The molecule has 8 nitrogen and oxygen atoms in total. The SMILES string of the molecule is CN1CCN(S(=O)(=O)c2ccc(N3CCN(c4ccc(Cl)cn4)CC3)nc2)CC1. The molecule has 0 aromatic carbocycles. The number of sulfonamides is 1. The lowest BCUT2D eigenvalue weighted by Crippen LogP contribution is -2.47. The van der Waals surface area contributed by atoms with E-state index in [-0.39, 0.29) is 4.90 Å². The molecule has 0 bridgehead atoms. The largest absolute Gasteiger partial charge is 0.353 e. The topological polar surface area (TPSA) is 72.9 Å². The van der Waals surface area contributed by atoms with Gasteiger partial charge in [0.25, 0.3) is 0 Å². The molecule has 0 atom stereocenters. The van der Waals surface area contributed by atoms with Gasteiger partial charge in [0.2, 0.25) is 10.0 Å². The Balaban J connectivity index is 1.39. The first kappa shape index (κ1) is 20.3. The Labute approximate surface area is 176 Å². The van der Waals surface area contributed by atoms with Gasteiger partial charge in [0, 0.05) is 64.8 Å². The maximum Gasteiger partial charge on any atom is 0.244 e. The monoisotopic (exact) mass is 436 g/mol. The number of anilines is 2. The minimum atomic E-state index is -3.48. The van der Waals surface area contributed by atoms with Crippen LogP contribution in [0.15, 0.2) is 41.6 Å². The van der Waals surface area contributed by atoms with Crippen molar-refractivity contribution in [1.82, 2.24) is 19.2 Å². The van der Waals surface area contributed by atoms with Crippen molar-refractivity contribution >= 4 is 33.3 Å². The molecule has 4 heterocycles. The van der Waals surface area contributed by atoms with Crippen LogP contribution in [0.25, 0.3) is 0 Å². The zero-order valence-electron chi connectivity index (χ0n) is 16.4. The van der Waals surface area contributed by atoms with E-state index in [0.717, 1.165) is 50.9 Å². The predicted octanol–water partition coefficient (Wildman–Crippen LogP) is 1.39. The first-order valence-electron chi connectivity index (χ1n) is 9.70. The van der Waals surface area contributed by atoms with Crippen molar-refractivity contribution in [2.45, 2.75) is 4.90 Å². The number of hydrogen-bond donors (Lipinski definition) is 0. The van der Waals surface area contributed by atoms with Crippen LogP contribution in [0.3, 0.4) is 0 Å². The van der Waals surface area contributed by atoms with Gasteiger partial charge < -0.3 is 14.7 Å². The molecule has 0 amide bonds. The molecule has 0 unspecified atom stereocenters. The molecule has 2 aliphatic heterocycles. The molecule has 2 aliphatic rings. The van der Waals surface area contributed by atoms with E-state index in [2.05, 4.69) is 24.7 Å². The van der Waals surface area contributed by atoms with Crippen molar-refractivity contribution < 1.29 is 8.42 Å². The predicted molar refractivity (Wildman–Crippen MR) is 114 cm³/mol. The van der Waals surface area contributed by atoms with E-state index in [1.165, 1.54) is 6.20 Å². The molecule has 0 N–H and O–H groups in total. The van der Waals surface area contributed by atoms with Crippen LogP contribution in [-0.4, -0.2) is 87.0 Å². The summed E-state index contributed by atoms with van der Waals surface area (Å²) >= 11 is 5.91. The first-order valence-corrected chi connectivity index (χ1v) is 11.5. The number of likely N-dealkylation sites (N-methyl/N-ethyl adjacent to an activating group) is 1. The Bertz CT molecular complexity index is 922. The first-order chi connectivity index (χ1) is 13.9. The molecule has 0 spiro atoms. The summed E-state index contributed by atoms with van der Waals surface area (Å²) in [7, 11) is -1.48. The molecule has 2 aromatic rings. The van der Waals surface area contributed by atoms with Gasteiger partial charge in [0.05, 0.1) is 5.02 Å². The second-order valence-corrected chi connectivity index (χ2v) is 9.74. The normalized spacial score (nSPS) is 19.5. The molecule has 2 fully saturated rings. The van der Waals surface area contributed by atoms with E-state index in [9.17, 15) is 8.42 Å². The number of hydrogen-bond acceptors (Lipinski definition) is 7. The van der Waals surface area contributed by atoms with Gasteiger partial charge in [-0.2, -0.15) is 4.31 Å². The fourth-order valence-corrected chi connectivity index (χ4v) is 5.09. The Morgan fingerprint density at radius 2 is 1.34 bits per heavy atom. The van der Waals surface area contributed by atoms with Crippen LogP contribution in [0, 0.1) is 0 Å². The number of piperazine rings is 2. The molecule has 0 aliphatic carbocycles. The molecule has 156 valence electrons. The van der Waals surface area contributed by atoms with Crippen LogP contribution in [0.2, 0.25) is 5.02 Å². The van der Waals surface area contributed by atoms with Crippen LogP contribution in [-0.2, 0) is 10.0 Å². The highest BCUT2D eigenvalue weighted by Gasteiger charge is 2.28. The third-order valence-corrected chi connectivity index (χ3v) is 7.57. The summed E-state index contributed by atoms with van der Waals surface area (Å²) in [5.41, 5.74) is 0. The van der Waals surface area contributed by atoms with Crippen molar-refractivity contribution in [3.63, 3.8) is 0 Å². The van der Waals surface area contributed by atoms with Gasteiger partial charge in [-0.15, -0.1) is 0 Å². The van der Waals surface area contributed by atoms with Crippen molar-refractivity contribution in [3.05, 3.63) is 41.7 Å². The zero-order chi connectivity index (χ0) is 20.4. The molecular formula is C19H25ClN6O2S. The summed E-state index contributed by atoms with van der Waals surface area (Å²) in [4.78, 5) is 15.6. The van der Waals surface area contributed by atoms with Gasteiger partial charge in [0.15, 0.2) is 0 Å². The maximum absolute atomic E-state index is 12.8. The summed E-state index contributed by atoms with van der Waals surface area (Å²) in [5.74, 6) is 1.71. The van der Waals surface area contributed by atoms with Crippen molar-refractivity contribution in [1.29, 1.82) is 0 Å². The van der Waals surface area contributed by atoms with Crippen LogP contribution in [0.1, 0.15) is 0 Å². The Kier molecular flexibility index (Phi) is 5.91. The van der Waals surface area contributed by atoms with E-state index in [1.54, 1.807) is 22.6 Å². The maximum atomic E-state index is 12.8. The molecule has 29 heavy (non-hydrogen) atoms. The van der Waals surface area contributed by atoms with Crippen LogP contribution >= 0.6 is 11.6 Å². The summed E-state index contributed by atoms with van der Waals surface area (Å²) in [6, 6.07) is 7.24. The number of nitrogens with zero attached hydrogens (tertiary/aromatic N) is 6. The highest BCUT2D eigenvalue weighted by Crippen LogP contribution is 2.22. The van der Waals surface area contributed by atoms with E-state index in [4.69, 9.17) is 11.6 Å². The third-order valence-electron chi connectivity index (χ3n) is 5.46. The molecule has 0 radical (unpaired) electrons. The van der Waals surface area contributed by atoms with E-state index in [0.29, 0.717) is 18.1 Å². The van der Waals surface area contributed by atoms with Gasteiger partial charge >= 0.3 is 0 Å². The van der Waals surface area contributed by atoms with E-state index < -0.39 is 10.0 Å². The molecule has 0 saturated carbocycles. The highest BCUT2D eigenvalue weighted by molar-refractivity contribution is 7.89. The Morgan fingerprint density at radius 3 is 1.83 bits per heavy atom. The lowest BCUT2D eigenvalue weighted by molar-refractivity contribution is 0.222. The second-order valence-electron chi connectivity index (χ2n) is 7.37. The number of rotatable bonds is 4. The smallest absolute Gasteiger partial charge is 0.244 e. The van der Waals surface area contributed by atoms with Crippen molar-refractivity contribution in [2.75, 3.05) is 69.2 Å². The summed E-state index contributed by atoms with van der Waals surface area (Å²) in [6.07, 6.45) is 3.14. The highest BCUT2D eigenvalue weighted by atomic mass is 35.5. The van der Waals surface area contributed by atoms with Crippen LogP contribution in [0.5, 0.6) is 0 Å². The molecule has 4 rings (SSSR count). The molecule has 10 heteroatoms. The minimum Gasteiger partial charge on any atom is -0.353 e. The molecular weight excluding hydrogens is 412 g/mol. The summed E-state index contributed by atoms with van der Waals surface area (Å²) < 4.78 is 27.2. The van der Waals surface area contributed by atoms with Gasteiger partial charge in [-0.05, 0) is 31.3 Å². The number of aromatic nitrogens is 2. The molecule has 2 aromatic heterocycles. The minimum absolute atomic E-state index is 0.259. The summed E-state index contributed by atoms with van der Waals surface area (Å²) in [5, 5.41) is 0.628. The lowest BCUT2D eigenvalue weighted by atomic mass is 10.3. The average Bonchev–Trinajstić information content (AvgIpc) is 2.75. The van der Waals surface area contributed by atoms with Crippen LogP contribution in [0.4, 0.5) is 11.6 Å². The fraction of sp³-hybridized carbons (Fsp3) is 0.474. The quantitative estimate of drug-likeness (QED) is 0.717. The fourth-order valence-electron chi connectivity index (χ4n) is 3.61. The average molecular weight is 437 g/mol. The van der Waals surface area contributed by atoms with Gasteiger partial charge in [0.1, 0.15) is 16.5 Å². The second kappa shape index (κ2) is 8.43. The van der Waals surface area contributed by atoms with E-state index in [1.807, 2.05) is 19.2 Å². The number of halogens is 1. The zero-order valence-corrected chi connectivity index (χ0v) is 18.0. The lowest BCUT2D eigenvalue weighted by Gasteiger charge is -2.36. The van der Waals surface area contributed by atoms with Gasteiger partial charge in [-0.1, -0.05) is 11.6 Å². The van der Waals surface area contributed by atoms with Crippen molar-refractivity contribution in [3.8, 4) is 0 Å². The Morgan fingerprint density at radius 1 is 0.793 bits per heavy atom. The standard InChI is InChI=1S/C19H25ClN6O2S/c1-23-6-12-26(13-7-23)29(27,28)17-3-5-19(22-15-17)25-10-8-24(9-11-25)18-4-2-16(20)14-21-18/h2-5,14-15H,6-13H2,1H3. The molecule has 2 saturated heterocycles. The Hall–Kier alpha value is -1.94. The van der Waals surface area contributed by atoms with Gasteiger partial charge in [-0.3, -0.25) is 0 Å². The van der Waals surface area contributed by atoms with Crippen molar-refractivity contribution in [2.24, 2.45) is 0 Å².